The number of carbonyl (C=O) groups is 4. The molecule has 0 spiro atoms. The first kappa shape index (κ1) is 22.9. The van der Waals surface area contributed by atoms with Gasteiger partial charge in [0.25, 0.3) is 0 Å². The second-order valence-electron chi connectivity index (χ2n) is 10.7. The molecule has 6 nitrogen and oxygen atoms in total. The van der Waals surface area contributed by atoms with Crippen molar-refractivity contribution < 1.29 is 28.7 Å². The van der Waals surface area contributed by atoms with Crippen molar-refractivity contribution >= 4 is 23.5 Å². The normalized spacial score (nSPS) is 40.3. The Morgan fingerprint density at radius 1 is 1.12 bits per heavy atom. The fourth-order valence-electron chi connectivity index (χ4n) is 7.55. The monoisotopic (exact) mass is 442 g/mol. The van der Waals surface area contributed by atoms with Gasteiger partial charge in [-0.15, -0.1) is 0 Å². The molecular formula is C26H34O6. The number of allylic oxidation sites excluding steroid dienone is 4. The van der Waals surface area contributed by atoms with Gasteiger partial charge in [-0.25, -0.2) is 0 Å². The van der Waals surface area contributed by atoms with Gasteiger partial charge in [-0.2, -0.15) is 0 Å². The zero-order valence-electron chi connectivity index (χ0n) is 19.8. The van der Waals surface area contributed by atoms with Crippen LogP contribution in [0.4, 0.5) is 0 Å². The minimum absolute atomic E-state index is 0.101. The van der Waals surface area contributed by atoms with E-state index >= 15 is 0 Å². The first-order valence-electron chi connectivity index (χ1n) is 11.8. The minimum atomic E-state index is -1.32. The van der Waals surface area contributed by atoms with E-state index in [0.717, 1.165) is 25.7 Å². The van der Waals surface area contributed by atoms with Crippen LogP contribution >= 0.6 is 0 Å². The van der Waals surface area contributed by atoms with E-state index < -0.39 is 23.0 Å². The molecule has 6 atom stereocenters. The smallest absolute Gasteiger partial charge is 0.303 e. The summed E-state index contributed by atoms with van der Waals surface area (Å²) in [5, 5.41) is 0. The molecule has 4 aliphatic carbocycles. The predicted octanol–water partition coefficient (Wildman–Crippen LogP) is 4.12. The fourth-order valence-corrected chi connectivity index (χ4v) is 7.55. The number of rotatable bonds is 4. The van der Waals surface area contributed by atoms with Gasteiger partial charge in [0.05, 0.1) is 0 Å². The van der Waals surface area contributed by atoms with Crippen molar-refractivity contribution in [3.63, 3.8) is 0 Å². The van der Waals surface area contributed by atoms with Crippen LogP contribution in [0.5, 0.6) is 0 Å². The molecule has 0 aromatic rings. The molecule has 0 radical (unpaired) electrons. The summed E-state index contributed by atoms with van der Waals surface area (Å²) in [4.78, 5) is 49.2. The van der Waals surface area contributed by atoms with Crippen molar-refractivity contribution in [2.75, 3.05) is 6.61 Å². The zero-order chi connectivity index (χ0) is 23.5. The summed E-state index contributed by atoms with van der Waals surface area (Å²) in [5.74, 6) is -0.855. The number of Topliss-reactive ketones (excluding diaryl/α,β-unsaturated/α-hetero) is 1. The number of hydrogen-bond donors (Lipinski definition) is 0. The lowest BCUT2D eigenvalue weighted by Crippen LogP contribution is -2.60. The molecule has 0 unspecified atom stereocenters. The van der Waals surface area contributed by atoms with E-state index in [1.54, 1.807) is 0 Å². The van der Waals surface area contributed by atoms with Gasteiger partial charge in [0, 0.05) is 37.0 Å². The molecule has 0 heterocycles. The summed E-state index contributed by atoms with van der Waals surface area (Å²) in [6, 6.07) is 0. The molecule has 2 fully saturated rings. The molecule has 4 aliphatic rings. The molecule has 2 saturated carbocycles. The Hall–Kier alpha value is -2.24. The number of esters is 2. The van der Waals surface area contributed by atoms with Crippen molar-refractivity contribution in [1.82, 2.24) is 0 Å². The number of ketones is 2. The Kier molecular flexibility index (Phi) is 5.50. The van der Waals surface area contributed by atoms with Crippen LogP contribution in [0.1, 0.15) is 73.1 Å². The molecule has 0 aliphatic heterocycles. The molecule has 6 heteroatoms. The van der Waals surface area contributed by atoms with E-state index in [1.165, 1.54) is 25.0 Å². The first-order chi connectivity index (χ1) is 15.0. The summed E-state index contributed by atoms with van der Waals surface area (Å²) < 4.78 is 11.0. The van der Waals surface area contributed by atoms with Gasteiger partial charge in [0.1, 0.15) is 0 Å². The van der Waals surface area contributed by atoms with Crippen molar-refractivity contribution in [2.45, 2.75) is 78.7 Å². The quantitative estimate of drug-likeness (QED) is 0.481. The minimum Gasteiger partial charge on any atom is -0.458 e. The number of fused-ring (bicyclic) bond motifs is 5. The largest absolute Gasteiger partial charge is 0.458 e. The van der Waals surface area contributed by atoms with Gasteiger partial charge in [-0.3, -0.25) is 19.2 Å². The molecule has 0 bridgehead atoms. The van der Waals surface area contributed by atoms with Crippen molar-refractivity contribution in [1.29, 1.82) is 0 Å². The van der Waals surface area contributed by atoms with Crippen LogP contribution in [0.3, 0.4) is 0 Å². The van der Waals surface area contributed by atoms with Gasteiger partial charge in [0.15, 0.2) is 18.0 Å². The van der Waals surface area contributed by atoms with Gasteiger partial charge in [-0.05, 0) is 50.0 Å². The predicted molar refractivity (Wildman–Crippen MR) is 117 cm³/mol. The molecule has 0 aromatic carbocycles. The van der Waals surface area contributed by atoms with Crippen molar-refractivity contribution in [2.24, 2.45) is 28.6 Å². The Morgan fingerprint density at radius 3 is 2.50 bits per heavy atom. The maximum absolute atomic E-state index is 13.5. The summed E-state index contributed by atoms with van der Waals surface area (Å²) in [7, 11) is 0. The number of carbonyl (C=O) groups excluding carboxylic acids is 4. The lowest BCUT2D eigenvalue weighted by molar-refractivity contribution is -0.190. The van der Waals surface area contributed by atoms with Gasteiger partial charge < -0.3 is 9.47 Å². The van der Waals surface area contributed by atoms with Crippen LogP contribution in [-0.4, -0.2) is 35.7 Å². The summed E-state index contributed by atoms with van der Waals surface area (Å²) in [5.41, 5.74) is 0.633. The highest BCUT2D eigenvalue weighted by molar-refractivity contribution is 5.94. The molecular weight excluding hydrogens is 408 g/mol. The Labute approximate surface area is 189 Å². The fraction of sp³-hybridized carbons (Fsp3) is 0.692. The van der Waals surface area contributed by atoms with Crippen LogP contribution in [0.25, 0.3) is 0 Å². The molecule has 0 aromatic heterocycles. The van der Waals surface area contributed by atoms with Crippen LogP contribution in [-0.2, 0) is 28.7 Å². The summed E-state index contributed by atoms with van der Waals surface area (Å²) in [6.45, 7) is 8.53. The van der Waals surface area contributed by atoms with E-state index in [9.17, 15) is 19.2 Å². The van der Waals surface area contributed by atoms with Crippen LogP contribution in [0.2, 0.25) is 0 Å². The standard InChI is InChI=1S/C26H34O6/c1-15-12-22-20-7-6-18-13-19(29)8-10-24(18,4)21(20)9-11-25(22,5)26(15,32-17(3)28)23(30)14-31-16(2)27/h9,13,15,20,22H,6-8,10-12,14H2,1-5H3/t15-,20+,22-,24-,25-,26-/m0/s1. The van der Waals surface area contributed by atoms with Crippen LogP contribution in [0.15, 0.2) is 23.3 Å². The topological polar surface area (TPSA) is 86.7 Å². The first-order valence-corrected chi connectivity index (χ1v) is 11.8. The van der Waals surface area contributed by atoms with Crippen LogP contribution < -0.4 is 0 Å². The number of ether oxygens (including phenoxy) is 2. The highest BCUT2D eigenvalue weighted by Gasteiger charge is 2.70. The van der Waals surface area contributed by atoms with Crippen molar-refractivity contribution in [3.8, 4) is 0 Å². The molecule has 32 heavy (non-hydrogen) atoms. The second-order valence-corrected chi connectivity index (χ2v) is 10.7. The Balaban J connectivity index is 1.77. The lowest BCUT2D eigenvalue weighted by Gasteiger charge is -2.55. The average Bonchev–Trinajstić information content (AvgIpc) is 2.94. The van der Waals surface area contributed by atoms with E-state index in [0.29, 0.717) is 12.8 Å². The van der Waals surface area contributed by atoms with Gasteiger partial charge in [-0.1, -0.05) is 38.0 Å². The zero-order valence-corrected chi connectivity index (χ0v) is 19.8. The van der Waals surface area contributed by atoms with Crippen molar-refractivity contribution in [3.05, 3.63) is 23.3 Å². The van der Waals surface area contributed by atoms with Gasteiger partial charge >= 0.3 is 11.9 Å². The maximum Gasteiger partial charge on any atom is 0.303 e. The summed E-state index contributed by atoms with van der Waals surface area (Å²) >= 11 is 0. The third-order valence-electron chi connectivity index (χ3n) is 9.00. The lowest BCUT2D eigenvalue weighted by atomic mass is 9.50. The number of hydrogen-bond acceptors (Lipinski definition) is 6. The van der Waals surface area contributed by atoms with E-state index in [4.69, 9.17) is 9.47 Å². The van der Waals surface area contributed by atoms with Gasteiger partial charge in [0.2, 0.25) is 5.78 Å². The Bertz CT molecular complexity index is 944. The molecule has 0 amide bonds. The SMILES string of the molecule is CC(=O)OCC(=O)[C@@]1(OC(C)=O)[C@@H](C)C[C@H]2[C@@H]3CCC4=CC(=O)CC[C@]4(C)C3=CC[C@@]21C. The molecule has 174 valence electrons. The van der Waals surface area contributed by atoms with E-state index in [1.807, 2.05) is 13.0 Å². The Morgan fingerprint density at radius 2 is 1.84 bits per heavy atom. The molecule has 0 saturated heterocycles. The van der Waals surface area contributed by atoms with E-state index in [-0.39, 0.29) is 41.3 Å². The summed E-state index contributed by atoms with van der Waals surface area (Å²) in [6.07, 6.45) is 8.72. The molecule has 0 N–H and O–H groups in total. The van der Waals surface area contributed by atoms with Crippen LogP contribution in [0, 0.1) is 28.6 Å². The molecule has 4 rings (SSSR count). The third kappa shape index (κ3) is 3.12. The highest BCUT2D eigenvalue weighted by atomic mass is 16.6. The average molecular weight is 443 g/mol. The maximum atomic E-state index is 13.5. The highest BCUT2D eigenvalue weighted by Crippen LogP contribution is 2.67. The third-order valence-corrected chi connectivity index (χ3v) is 9.00. The van der Waals surface area contributed by atoms with E-state index in [2.05, 4.69) is 19.9 Å². The second kappa shape index (κ2) is 7.67.